The molecule has 0 aromatic carbocycles. The van der Waals surface area contributed by atoms with Gasteiger partial charge in [0.15, 0.2) is 6.10 Å². The van der Waals surface area contributed by atoms with Gasteiger partial charge in [-0.3, -0.25) is 14.4 Å². The van der Waals surface area contributed by atoms with Gasteiger partial charge >= 0.3 is 17.9 Å². The molecule has 0 aliphatic heterocycles. The summed E-state index contributed by atoms with van der Waals surface area (Å²) in [4.78, 5) is 38.4. The first-order valence-corrected chi connectivity index (χ1v) is 32.9. The van der Waals surface area contributed by atoms with Crippen molar-refractivity contribution in [3.63, 3.8) is 0 Å². The lowest BCUT2D eigenvalue weighted by molar-refractivity contribution is -0.167. The number of esters is 3. The zero-order chi connectivity index (χ0) is 55.0. The lowest BCUT2D eigenvalue weighted by atomic mass is 10.0. The van der Waals surface area contributed by atoms with Gasteiger partial charge in [0.05, 0.1) is 0 Å². The Morgan fingerprint density at radius 1 is 0.276 bits per heavy atom. The molecular formula is C70H124O6. The monoisotopic (exact) mass is 1060 g/mol. The van der Waals surface area contributed by atoms with Crippen molar-refractivity contribution in [3.05, 3.63) is 72.9 Å². The molecule has 0 aromatic heterocycles. The summed E-state index contributed by atoms with van der Waals surface area (Å²) in [5.41, 5.74) is 0. The lowest BCUT2D eigenvalue weighted by Gasteiger charge is -2.18. The molecular weight excluding hydrogens is 937 g/mol. The predicted molar refractivity (Wildman–Crippen MR) is 330 cm³/mol. The maximum Gasteiger partial charge on any atom is 0.306 e. The van der Waals surface area contributed by atoms with E-state index in [9.17, 15) is 14.4 Å². The van der Waals surface area contributed by atoms with E-state index in [0.29, 0.717) is 19.3 Å². The van der Waals surface area contributed by atoms with E-state index in [2.05, 4.69) is 93.7 Å². The van der Waals surface area contributed by atoms with Crippen molar-refractivity contribution < 1.29 is 28.6 Å². The average molecular weight is 1060 g/mol. The van der Waals surface area contributed by atoms with Crippen LogP contribution in [0.4, 0.5) is 0 Å². The van der Waals surface area contributed by atoms with E-state index >= 15 is 0 Å². The van der Waals surface area contributed by atoms with E-state index in [1.54, 1.807) is 0 Å². The molecule has 76 heavy (non-hydrogen) atoms. The molecule has 0 rings (SSSR count). The summed E-state index contributed by atoms with van der Waals surface area (Å²) < 4.78 is 16.9. The fourth-order valence-electron chi connectivity index (χ4n) is 9.48. The predicted octanol–water partition coefficient (Wildman–Crippen LogP) is 22.5. The molecule has 0 spiro atoms. The highest BCUT2D eigenvalue weighted by Gasteiger charge is 2.19. The van der Waals surface area contributed by atoms with Gasteiger partial charge < -0.3 is 14.2 Å². The van der Waals surface area contributed by atoms with Crippen LogP contribution in [0.25, 0.3) is 0 Å². The Bertz CT molecular complexity index is 1400. The van der Waals surface area contributed by atoms with E-state index in [1.165, 1.54) is 205 Å². The van der Waals surface area contributed by atoms with Crippen LogP contribution in [0.5, 0.6) is 0 Å². The van der Waals surface area contributed by atoms with Crippen LogP contribution in [0, 0.1) is 0 Å². The van der Waals surface area contributed by atoms with Gasteiger partial charge in [0.2, 0.25) is 0 Å². The van der Waals surface area contributed by atoms with Crippen molar-refractivity contribution in [1.82, 2.24) is 0 Å². The second-order valence-electron chi connectivity index (χ2n) is 22.0. The van der Waals surface area contributed by atoms with Gasteiger partial charge in [-0.2, -0.15) is 0 Å². The van der Waals surface area contributed by atoms with Crippen LogP contribution in [0.1, 0.15) is 335 Å². The average Bonchev–Trinajstić information content (AvgIpc) is 3.42. The molecule has 0 radical (unpaired) electrons. The summed E-state index contributed by atoms with van der Waals surface area (Å²) in [6.45, 7) is 6.55. The minimum atomic E-state index is -0.782. The summed E-state index contributed by atoms with van der Waals surface area (Å²) >= 11 is 0. The Balaban J connectivity index is 4.33. The number of allylic oxidation sites excluding steroid dienone is 12. The van der Waals surface area contributed by atoms with Gasteiger partial charge in [0, 0.05) is 19.3 Å². The molecule has 1 atom stereocenters. The van der Waals surface area contributed by atoms with Crippen molar-refractivity contribution in [3.8, 4) is 0 Å². The summed E-state index contributed by atoms with van der Waals surface area (Å²) in [5, 5.41) is 0. The Labute approximate surface area is 472 Å². The van der Waals surface area contributed by atoms with E-state index in [-0.39, 0.29) is 31.1 Å². The largest absolute Gasteiger partial charge is 0.462 e. The van der Waals surface area contributed by atoms with Crippen molar-refractivity contribution in [2.24, 2.45) is 0 Å². The topological polar surface area (TPSA) is 78.9 Å². The second kappa shape index (κ2) is 64.4. The normalized spacial score (nSPS) is 12.5. The smallest absolute Gasteiger partial charge is 0.306 e. The van der Waals surface area contributed by atoms with Crippen LogP contribution >= 0.6 is 0 Å². The van der Waals surface area contributed by atoms with E-state index in [0.717, 1.165) is 89.9 Å². The third-order valence-corrected chi connectivity index (χ3v) is 14.4. The second-order valence-corrected chi connectivity index (χ2v) is 22.0. The number of hydrogen-bond acceptors (Lipinski definition) is 6. The first kappa shape index (κ1) is 72.8. The molecule has 0 amide bonds. The van der Waals surface area contributed by atoms with Gasteiger partial charge in [-0.05, 0) is 109 Å². The number of carbonyl (C=O) groups excluding carboxylic acids is 3. The Morgan fingerprint density at radius 2 is 0.513 bits per heavy atom. The van der Waals surface area contributed by atoms with Crippen molar-refractivity contribution in [2.45, 2.75) is 341 Å². The lowest BCUT2D eigenvalue weighted by Crippen LogP contribution is -2.30. The quantitative estimate of drug-likeness (QED) is 0.0261. The zero-order valence-electron chi connectivity index (χ0n) is 50.5. The summed E-state index contributed by atoms with van der Waals surface area (Å²) in [6.07, 6.45) is 83.4. The van der Waals surface area contributed by atoms with Gasteiger partial charge in [-0.25, -0.2) is 0 Å². The standard InChI is InChI=1S/C70H124O6/c1-4-7-10-13-16-19-22-25-28-30-32-34-35-37-38-40-42-45-48-51-54-57-60-63-69(72)75-66-67(65-74-68(71)62-59-56-53-50-47-44-27-24-21-18-15-12-9-6-3)76-70(73)64-61-58-55-52-49-46-43-41-39-36-33-31-29-26-23-20-17-14-11-8-5-2/h7,10,16,19,24-25,27-28,31-34,67H,4-6,8-9,11-15,17-18,20-23,26,29-30,35-66H2,1-3H3/b10-7-,19-16-,27-24-,28-25-,33-31-,34-32-. The fraction of sp³-hybridized carbons (Fsp3) is 0.786. The zero-order valence-corrected chi connectivity index (χ0v) is 50.5. The molecule has 0 N–H and O–H groups in total. The Hall–Kier alpha value is -3.15. The molecule has 1 unspecified atom stereocenters. The number of unbranched alkanes of at least 4 members (excludes halogenated alkanes) is 37. The van der Waals surface area contributed by atoms with Crippen LogP contribution < -0.4 is 0 Å². The molecule has 6 nitrogen and oxygen atoms in total. The third kappa shape index (κ3) is 61.7. The van der Waals surface area contributed by atoms with Crippen molar-refractivity contribution in [1.29, 1.82) is 0 Å². The van der Waals surface area contributed by atoms with Crippen LogP contribution in [-0.2, 0) is 28.6 Å². The molecule has 6 heteroatoms. The maximum absolute atomic E-state index is 12.9. The van der Waals surface area contributed by atoms with Crippen molar-refractivity contribution in [2.75, 3.05) is 13.2 Å². The van der Waals surface area contributed by atoms with Gasteiger partial charge in [-0.15, -0.1) is 0 Å². The van der Waals surface area contributed by atoms with E-state index in [4.69, 9.17) is 14.2 Å². The van der Waals surface area contributed by atoms with Crippen LogP contribution in [-0.4, -0.2) is 37.2 Å². The van der Waals surface area contributed by atoms with Crippen LogP contribution in [0.2, 0.25) is 0 Å². The molecule has 0 aromatic rings. The molecule has 0 bridgehead atoms. The molecule has 0 aliphatic carbocycles. The minimum absolute atomic E-state index is 0.0792. The Morgan fingerprint density at radius 3 is 0.816 bits per heavy atom. The third-order valence-electron chi connectivity index (χ3n) is 14.4. The molecule has 0 fully saturated rings. The van der Waals surface area contributed by atoms with E-state index in [1.807, 2.05) is 0 Å². The molecule has 0 aliphatic rings. The highest BCUT2D eigenvalue weighted by molar-refractivity contribution is 5.71. The highest BCUT2D eigenvalue weighted by atomic mass is 16.6. The van der Waals surface area contributed by atoms with Gasteiger partial charge in [0.1, 0.15) is 13.2 Å². The molecule has 440 valence electrons. The van der Waals surface area contributed by atoms with Gasteiger partial charge in [0.25, 0.3) is 0 Å². The molecule has 0 saturated carbocycles. The minimum Gasteiger partial charge on any atom is -0.462 e. The first-order chi connectivity index (χ1) is 37.5. The number of rotatable bonds is 60. The summed E-state index contributed by atoms with van der Waals surface area (Å²) in [6, 6.07) is 0. The number of ether oxygens (including phenoxy) is 3. The van der Waals surface area contributed by atoms with Gasteiger partial charge in [-0.1, -0.05) is 280 Å². The van der Waals surface area contributed by atoms with E-state index < -0.39 is 6.10 Å². The highest BCUT2D eigenvalue weighted by Crippen LogP contribution is 2.17. The van der Waals surface area contributed by atoms with Crippen LogP contribution in [0.3, 0.4) is 0 Å². The number of hydrogen-bond donors (Lipinski definition) is 0. The SMILES string of the molecule is CC/C=C\C/C=C\C/C=C\C/C=C\CCCCCCCCCCCCC(=O)OCC(COC(=O)CCCCCCC/C=C\CCCCCCC)OC(=O)CCCCCCCCCCC/C=C\CCCCCCCCCC. The Kier molecular flexibility index (Phi) is 61.7. The first-order valence-electron chi connectivity index (χ1n) is 32.9. The summed E-state index contributed by atoms with van der Waals surface area (Å²) in [5.74, 6) is -0.877. The molecule has 0 heterocycles. The number of carbonyl (C=O) groups is 3. The maximum atomic E-state index is 12.9. The summed E-state index contributed by atoms with van der Waals surface area (Å²) in [7, 11) is 0. The fourth-order valence-corrected chi connectivity index (χ4v) is 9.48. The van der Waals surface area contributed by atoms with Crippen LogP contribution in [0.15, 0.2) is 72.9 Å². The molecule has 0 saturated heterocycles. The van der Waals surface area contributed by atoms with Crippen molar-refractivity contribution >= 4 is 17.9 Å².